The third-order valence-electron chi connectivity index (χ3n) is 7.66. The zero-order valence-electron chi connectivity index (χ0n) is 18.4. The van der Waals surface area contributed by atoms with E-state index in [9.17, 15) is 23.3 Å². The number of fused-ring (bicyclic) bond motifs is 3. The van der Waals surface area contributed by atoms with Crippen LogP contribution < -0.4 is 10.9 Å². The van der Waals surface area contributed by atoms with E-state index in [0.29, 0.717) is 24.4 Å². The lowest BCUT2D eigenvalue weighted by atomic mass is 10.1. The summed E-state index contributed by atoms with van der Waals surface area (Å²) in [4.78, 5) is 31.6. The average molecular weight is 473 g/mol. The van der Waals surface area contributed by atoms with Crippen molar-refractivity contribution < 1.29 is 18.0 Å². The summed E-state index contributed by atoms with van der Waals surface area (Å²) in [5.74, 6) is 0.183. The quantitative estimate of drug-likeness (QED) is 0.567. The van der Waals surface area contributed by atoms with Crippen molar-refractivity contribution in [3.8, 4) is 6.07 Å². The lowest BCUT2D eigenvalue weighted by Gasteiger charge is -2.38. The molecule has 4 fully saturated rings. The summed E-state index contributed by atoms with van der Waals surface area (Å²) in [5.41, 5.74) is 6.96. The number of benzene rings is 1. The van der Waals surface area contributed by atoms with Gasteiger partial charge in [-0.3, -0.25) is 14.5 Å². The molecule has 10 nitrogen and oxygen atoms in total. The molecule has 3 saturated heterocycles. The van der Waals surface area contributed by atoms with Crippen molar-refractivity contribution in [2.75, 3.05) is 13.1 Å². The van der Waals surface area contributed by atoms with Gasteiger partial charge in [0.15, 0.2) is 0 Å². The summed E-state index contributed by atoms with van der Waals surface area (Å²) in [6.07, 6.45) is 2.32. The van der Waals surface area contributed by atoms with Gasteiger partial charge in [0.1, 0.15) is 6.04 Å². The minimum atomic E-state index is -3.83. The first-order valence-electron chi connectivity index (χ1n) is 11.3. The van der Waals surface area contributed by atoms with Crippen LogP contribution in [0.5, 0.6) is 0 Å². The highest BCUT2D eigenvalue weighted by molar-refractivity contribution is 7.89. The van der Waals surface area contributed by atoms with E-state index < -0.39 is 22.1 Å². The largest absolute Gasteiger partial charge is 0.330 e. The second kappa shape index (κ2) is 7.77. The zero-order valence-corrected chi connectivity index (χ0v) is 19.2. The van der Waals surface area contributed by atoms with E-state index in [4.69, 9.17) is 10.9 Å². The average Bonchev–Trinajstić information content (AvgIpc) is 3.11. The molecule has 176 valence electrons. The molecule has 11 heteroatoms. The van der Waals surface area contributed by atoms with Crippen LogP contribution in [0.3, 0.4) is 0 Å². The fourth-order valence-electron chi connectivity index (χ4n) is 5.92. The van der Waals surface area contributed by atoms with Crippen molar-refractivity contribution in [2.24, 2.45) is 16.8 Å². The molecule has 1 saturated carbocycles. The third kappa shape index (κ3) is 3.71. The Bertz CT molecular complexity index is 1150. The Labute approximate surface area is 193 Å². The molecular formula is C22H28N6O4S. The SMILES string of the molecule is C[C@@H](c1cccc(S(N)(=O)=O)c1)N1C(=O)[C@@H]2C[C@H]1CN2C[C@H](N)C(=O)N1[C@H](C#N)C[C@@H]2C[C@@H]21. The van der Waals surface area contributed by atoms with Gasteiger partial charge in [0.25, 0.3) is 0 Å². The van der Waals surface area contributed by atoms with Crippen LogP contribution in [0.1, 0.15) is 37.8 Å². The molecule has 4 N–H and O–H groups in total. The Morgan fingerprint density at radius 3 is 2.73 bits per heavy atom. The number of piperazine rings is 1. The fourth-order valence-corrected chi connectivity index (χ4v) is 6.49. The minimum absolute atomic E-state index is 0.0188. The Balaban J connectivity index is 1.25. The number of hydrogen-bond acceptors (Lipinski definition) is 7. The highest BCUT2D eigenvalue weighted by Crippen LogP contribution is 2.48. The molecule has 2 bridgehead atoms. The van der Waals surface area contributed by atoms with Crippen molar-refractivity contribution in [1.29, 1.82) is 5.26 Å². The van der Waals surface area contributed by atoms with E-state index in [0.717, 1.165) is 12.8 Å². The monoisotopic (exact) mass is 472 g/mol. The van der Waals surface area contributed by atoms with Gasteiger partial charge in [-0.1, -0.05) is 12.1 Å². The minimum Gasteiger partial charge on any atom is -0.330 e. The molecule has 5 rings (SSSR count). The number of hydrogen-bond donors (Lipinski definition) is 2. The van der Waals surface area contributed by atoms with Gasteiger partial charge in [-0.2, -0.15) is 5.26 Å². The number of nitriles is 1. The summed E-state index contributed by atoms with van der Waals surface area (Å²) >= 11 is 0. The molecular weight excluding hydrogens is 444 g/mol. The van der Waals surface area contributed by atoms with E-state index in [1.807, 2.05) is 11.8 Å². The molecule has 1 aromatic rings. The molecule has 0 spiro atoms. The highest BCUT2D eigenvalue weighted by Gasteiger charge is 2.56. The number of carbonyl (C=O) groups excluding carboxylic acids is 2. The maximum atomic E-state index is 13.2. The van der Waals surface area contributed by atoms with Gasteiger partial charge >= 0.3 is 0 Å². The Morgan fingerprint density at radius 1 is 1.30 bits per heavy atom. The van der Waals surface area contributed by atoms with Crippen molar-refractivity contribution in [2.45, 2.75) is 67.3 Å². The van der Waals surface area contributed by atoms with Gasteiger partial charge in [-0.05, 0) is 49.8 Å². The van der Waals surface area contributed by atoms with E-state index in [1.165, 1.54) is 12.1 Å². The molecule has 0 aromatic heterocycles. The van der Waals surface area contributed by atoms with Crippen LogP contribution in [-0.4, -0.2) is 78.2 Å². The van der Waals surface area contributed by atoms with Crippen molar-refractivity contribution >= 4 is 21.8 Å². The molecule has 1 aliphatic carbocycles. The molecule has 2 amide bonds. The predicted molar refractivity (Wildman–Crippen MR) is 118 cm³/mol. The standard InChI is InChI=1S/C22H28N6O4S/c1-12(13-3-2-4-17(6-13)33(25,31)32)27-16-8-20(22(27)30)26(10-16)11-18(24)21(29)28-15(9-23)5-14-7-19(14)28/h2-4,6,12,14-16,18-20H,5,7-8,10-11,24H2,1H3,(H2,25,31,32)/t12-,14+,15-,16-,18-,19-,20-/m0/s1. The Kier molecular flexibility index (Phi) is 5.25. The molecule has 3 aliphatic heterocycles. The van der Waals surface area contributed by atoms with Gasteiger partial charge in [0, 0.05) is 25.2 Å². The lowest BCUT2D eigenvalue weighted by molar-refractivity contribution is -0.141. The van der Waals surface area contributed by atoms with E-state index >= 15 is 0 Å². The summed E-state index contributed by atoms with van der Waals surface area (Å²) in [6, 6.07) is 6.86. The number of piperidine rings is 1. The van der Waals surface area contributed by atoms with Crippen molar-refractivity contribution in [1.82, 2.24) is 14.7 Å². The predicted octanol–water partition coefficient (Wildman–Crippen LogP) is -0.480. The fraction of sp³-hybridized carbons (Fsp3) is 0.591. The Hall–Kier alpha value is -2.52. The Morgan fingerprint density at radius 2 is 2.06 bits per heavy atom. The number of nitrogens with two attached hydrogens (primary N) is 2. The second-order valence-corrected chi connectivity index (χ2v) is 11.3. The van der Waals surface area contributed by atoms with Gasteiger partial charge in [0.2, 0.25) is 21.8 Å². The van der Waals surface area contributed by atoms with E-state index in [1.54, 1.807) is 21.9 Å². The van der Waals surface area contributed by atoms with Gasteiger partial charge in [-0.15, -0.1) is 0 Å². The summed E-state index contributed by atoms with van der Waals surface area (Å²) in [7, 11) is -3.83. The lowest BCUT2D eigenvalue weighted by Crippen LogP contribution is -2.57. The van der Waals surface area contributed by atoms with Crippen LogP contribution in [0.4, 0.5) is 0 Å². The second-order valence-electron chi connectivity index (χ2n) is 9.69. The van der Waals surface area contributed by atoms with Crippen LogP contribution >= 0.6 is 0 Å². The molecule has 7 atom stereocenters. The number of sulfonamides is 1. The number of primary sulfonamides is 1. The number of amides is 2. The first-order valence-corrected chi connectivity index (χ1v) is 12.8. The normalized spacial score (nSPS) is 32.5. The van der Waals surface area contributed by atoms with Gasteiger partial charge < -0.3 is 15.5 Å². The van der Waals surface area contributed by atoms with Crippen LogP contribution in [0, 0.1) is 17.2 Å². The van der Waals surface area contributed by atoms with Crippen LogP contribution in [0.25, 0.3) is 0 Å². The summed E-state index contributed by atoms with van der Waals surface area (Å²) < 4.78 is 23.4. The number of rotatable bonds is 6. The first-order chi connectivity index (χ1) is 15.6. The highest BCUT2D eigenvalue weighted by atomic mass is 32.2. The third-order valence-corrected chi connectivity index (χ3v) is 8.57. The maximum absolute atomic E-state index is 13.2. The molecule has 3 heterocycles. The van der Waals surface area contributed by atoms with Gasteiger partial charge in [-0.25, -0.2) is 13.6 Å². The van der Waals surface area contributed by atoms with Crippen LogP contribution in [-0.2, 0) is 19.6 Å². The topological polar surface area (TPSA) is 154 Å². The van der Waals surface area contributed by atoms with Crippen LogP contribution in [0.15, 0.2) is 29.2 Å². The van der Waals surface area contributed by atoms with E-state index in [2.05, 4.69) is 6.07 Å². The number of likely N-dealkylation sites (tertiary alicyclic amines) is 3. The first kappa shape index (κ1) is 22.3. The summed E-state index contributed by atoms with van der Waals surface area (Å²) in [6.45, 7) is 2.76. The molecule has 0 radical (unpaired) electrons. The van der Waals surface area contributed by atoms with Gasteiger partial charge in [0.05, 0.1) is 29.1 Å². The van der Waals surface area contributed by atoms with E-state index in [-0.39, 0.29) is 47.4 Å². The van der Waals surface area contributed by atoms with Crippen molar-refractivity contribution in [3.63, 3.8) is 0 Å². The maximum Gasteiger partial charge on any atom is 0.242 e. The smallest absolute Gasteiger partial charge is 0.242 e. The van der Waals surface area contributed by atoms with Crippen molar-refractivity contribution in [3.05, 3.63) is 29.8 Å². The molecule has 0 unspecified atom stereocenters. The zero-order chi connectivity index (χ0) is 23.7. The molecule has 33 heavy (non-hydrogen) atoms. The summed E-state index contributed by atoms with van der Waals surface area (Å²) in [5, 5.41) is 14.6. The number of nitrogens with zero attached hydrogens (tertiary/aromatic N) is 4. The number of carbonyl (C=O) groups is 2. The van der Waals surface area contributed by atoms with Crippen LogP contribution in [0.2, 0.25) is 0 Å². The molecule has 1 aromatic carbocycles. The molecule has 4 aliphatic rings.